The fourth-order valence-corrected chi connectivity index (χ4v) is 2.39. The first-order valence-corrected chi connectivity index (χ1v) is 7.04. The molecule has 0 aliphatic carbocycles. The maximum Gasteiger partial charge on any atom is 0.123 e. The minimum absolute atomic E-state index is 0.0987. The zero-order chi connectivity index (χ0) is 15.4. The van der Waals surface area contributed by atoms with Crippen LogP contribution in [0.25, 0.3) is 0 Å². The summed E-state index contributed by atoms with van der Waals surface area (Å²) in [5.41, 5.74) is 2.49. The van der Waals surface area contributed by atoms with E-state index in [1.807, 2.05) is 44.0 Å². The molecule has 0 fully saturated rings. The molecule has 0 bridgehead atoms. The van der Waals surface area contributed by atoms with Gasteiger partial charge in [-0.25, -0.2) is 4.39 Å². The molecule has 2 aromatic rings. The van der Waals surface area contributed by atoms with Gasteiger partial charge in [0.25, 0.3) is 0 Å². The van der Waals surface area contributed by atoms with E-state index in [0.717, 1.165) is 16.8 Å². The number of hydrogen-bond donors (Lipinski definition) is 1. The minimum atomic E-state index is -0.651. The van der Waals surface area contributed by atoms with Crippen molar-refractivity contribution in [3.8, 4) is 0 Å². The lowest BCUT2D eigenvalue weighted by atomic mass is 10.0. The normalized spacial score (nSPS) is 14.2. The highest BCUT2D eigenvalue weighted by molar-refractivity contribution is 5.28. The Morgan fingerprint density at radius 3 is 2.67 bits per heavy atom. The van der Waals surface area contributed by atoms with Crippen LogP contribution in [-0.4, -0.2) is 28.6 Å². The molecule has 1 aromatic carbocycles. The number of nitrogens with zero attached hydrogens (tertiary/aromatic N) is 2. The molecular weight excluding hydrogens is 267 g/mol. The summed E-state index contributed by atoms with van der Waals surface area (Å²) in [4.78, 5) is 6.37. The molecule has 4 heteroatoms. The van der Waals surface area contributed by atoms with Crippen molar-refractivity contribution in [1.29, 1.82) is 0 Å². The second-order valence-electron chi connectivity index (χ2n) is 5.39. The Hall–Kier alpha value is -1.78. The number of aliphatic hydroxyl groups excluding tert-OH is 1. The number of rotatable bonds is 5. The second-order valence-corrected chi connectivity index (χ2v) is 5.39. The Kier molecular flexibility index (Phi) is 5.04. The van der Waals surface area contributed by atoms with Crippen molar-refractivity contribution in [3.05, 3.63) is 65.2 Å². The van der Waals surface area contributed by atoms with Crippen molar-refractivity contribution >= 4 is 0 Å². The van der Waals surface area contributed by atoms with E-state index in [9.17, 15) is 9.50 Å². The lowest BCUT2D eigenvalue weighted by Crippen LogP contribution is -2.28. The van der Waals surface area contributed by atoms with Crippen molar-refractivity contribution in [3.63, 3.8) is 0 Å². The third kappa shape index (κ3) is 3.86. The van der Waals surface area contributed by atoms with Crippen LogP contribution in [0.2, 0.25) is 0 Å². The van der Waals surface area contributed by atoms with Gasteiger partial charge in [0.05, 0.1) is 11.8 Å². The Bertz CT molecular complexity index is 589. The summed E-state index contributed by atoms with van der Waals surface area (Å²) in [5.74, 6) is -0.279. The molecule has 2 atom stereocenters. The summed E-state index contributed by atoms with van der Waals surface area (Å²) >= 11 is 0. The molecule has 1 N–H and O–H groups in total. The number of aryl methyl sites for hydroxylation is 1. The van der Waals surface area contributed by atoms with Gasteiger partial charge in [-0.05, 0) is 56.3 Å². The van der Waals surface area contributed by atoms with Crippen molar-refractivity contribution < 1.29 is 9.50 Å². The van der Waals surface area contributed by atoms with E-state index in [1.54, 1.807) is 12.3 Å². The molecular formula is C17H21FN2O. The van der Waals surface area contributed by atoms with Gasteiger partial charge in [0, 0.05) is 18.8 Å². The molecule has 0 amide bonds. The summed E-state index contributed by atoms with van der Waals surface area (Å²) in [6, 6.07) is 10.4. The molecule has 0 saturated carbocycles. The number of halogens is 1. The SMILES string of the molecule is Cc1cc(F)ccc1C(O)CN(C)C(C)c1ccccn1. The van der Waals surface area contributed by atoms with Crippen LogP contribution in [0.1, 0.15) is 35.9 Å². The van der Waals surface area contributed by atoms with Gasteiger partial charge >= 0.3 is 0 Å². The molecule has 0 saturated heterocycles. The van der Waals surface area contributed by atoms with E-state index < -0.39 is 6.10 Å². The molecule has 2 rings (SSSR count). The number of likely N-dealkylation sites (N-methyl/N-ethyl adjacent to an activating group) is 1. The van der Waals surface area contributed by atoms with E-state index >= 15 is 0 Å². The van der Waals surface area contributed by atoms with Crippen molar-refractivity contribution in [2.24, 2.45) is 0 Å². The van der Waals surface area contributed by atoms with Gasteiger partial charge in [-0.3, -0.25) is 9.88 Å². The van der Waals surface area contributed by atoms with Crippen LogP contribution in [0.3, 0.4) is 0 Å². The van der Waals surface area contributed by atoms with Crippen LogP contribution in [-0.2, 0) is 0 Å². The summed E-state index contributed by atoms with van der Waals surface area (Å²) in [5, 5.41) is 10.4. The number of aromatic nitrogens is 1. The Balaban J connectivity index is 2.06. The molecule has 1 aromatic heterocycles. The standard InChI is InChI=1S/C17H21FN2O/c1-12-10-14(18)7-8-15(12)17(21)11-20(3)13(2)16-6-4-5-9-19-16/h4-10,13,17,21H,11H2,1-3H3. The van der Waals surface area contributed by atoms with Gasteiger partial charge < -0.3 is 5.11 Å². The highest BCUT2D eigenvalue weighted by atomic mass is 19.1. The quantitative estimate of drug-likeness (QED) is 0.917. The van der Waals surface area contributed by atoms with Gasteiger partial charge in [0.15, 0.2) is 0 Å². The first kappa shape index (κ1) is 15.6. The summed E-state index contributed by atoms with van der Waals surface area (Å²) < 4.78 is 13.1. The van der Waals surface area contributed by atoms with Crippen LogP contribution < -0.4 is 0 Å². The van der Waals surface area contributed by atoms with Gasteiger partial charge in [0.2, 0.25) is 0 Å². The molecule has 112 valence electrons. The average molecular weight is 288 g/mol. The first-order chi connectivity index (χ1) is 9.99. The molecule has 1 heterocycles. The molecule has 0 aliphatic heterocycles. The van der Waals surface area contributed by atoms with Gasteiger partial charge in [-0.2, -0.15) is 0 Å². The highest BCUT2D eigenvalue weighted by Gasteiger charge is 2.18. The topological polar surface area (TPSA) is 36.4 Å². The maximum atomic E-state index is 13.1. The molecule has 0 spiro atoms. The molecule has 3 nitrogen and oxygen atoms in total. The summed E-state index contributed by atoms with van der Waals surface area (Å²) in [6.45, 7) is 4.32. The maximum absolute atomic E-state index is 13.1. The van der Waals surface area contributed by atoms with Gasteiger partial charge in [-0.1, -0.05) is 12.1 Å². The van der Waals surface area contributed by atoms with Crippen LogP contribution in [0.4, 0.5) is 4.39 Å². The fraction of sp³-hybridized carbons (Fsp3) is 0.353. The zero-order valence-corrected chi connectivity index (χ0v) is 12.6. The highest BCUT2D eigenvalue weighted by Crippen LogP contribution is 2.23. The summed E-state index contributed by atoms with van der Waals surface area (Å²) in [7, 11) is 1.95. The van der Waals surface area contributed by atoms with E-state index in [4.69, 9.17) is 0 Å². The molecule has 0 radical (unpaired) electrons. The Morgan fingerprint density at radius 1 is 1.29 bits per heavy atom. The van der Waals surface area contributed by atoms with E-state index in [0.29, 0.717) is 6.54 Å². The van der Waals surface area contributed by atoms with Crippen molar-refractivity contribution in [2.75, 3.05) is 13.6 Å². The van der Waals surface area contributed by atoms with Crippen LogP contribution in [0.5, 0.6) is 0 Å². The lowest BCUT2D eigenvalue weighted by Gasteiger charge is -2.27. The first-order valence-electron chi connectivity index (χ1n) is 7.04. The van der Waals surface area contributed by atoms with Crippen molar-refractivity contribution in [1.82, 2.24) is 9.88 Å². The number of hydrogen-bond acceptors (Lipinski definition) is 3. The third-order valence-corrected chi connectivity index (χ3v) is 3.83. The van der Waals surface area contributed by atoms with Gasteiger partial charge in [-0.15, -0.1) is 0 Å². The number of aliphatic hydroxyl groups is 1. The number of pyridine rings is 1. The Labute approximate surface area is 125 Å². The minimum Gasteiger partial charge on any atom is -0.387 e. The van der Waals surface area contributed by atoms with E-state index in [2.05, 4.69) is 4.98 Å². The molecule has 2 unspecified atom stereocenters. The molecule has 21 heavy (non-hydrogen) atoms. The van der Waals surface area contributed by atoms with E-state index in [1.165, 1.54) is 12.1 Å². The van der Waals surface area contributed by atoms with Crippen LogP contribution >= 0.6 is 0 Å². The second kappa shape index (κ2) is 6.78. The predicted molar refractivity (Wildman–Crippen MR) is 81.4 cm³/mol. The zero-order valence-electron chi connectivity index (χ0n) is 12.6. The summed E-state index contributed by atoms with van der Waals surface area (Å²) in [6.07, 6.45) is 1.11. The average Bonchev–Trinajstić information content (AvgIpc) is 2.47. The third-order valence-electron chi connectivity index (χ3n) is 3.83. The van der Waals surface area contributed by atoms with Crippen LogP contribution in [0.15, 0.2) is 42.6 Å². The lowest BCUT2D eigenvalue weighted by molar-refractivity contribution is 0.107. The van der Waals surface area contributed by atoms with Gasteiger partial charge in [0.1, 0.15) is 5.82 Å². The smallest absolute Gasteiger partial charge is 0.123 e. The molecule has 0 aliphatic rings. The predicted octanol–water partition coefficient (Wildman–Crippen LogP) is 3.26. The number of benzene rings is 1. The Morgan fingerprint density at radius 2 is 2.05 bits per heavy atom. The van der Waals surface area contributed by atoms with Crippen molar-refractivity contribution in [2.45, 2.75) is 26.0 Å². The fourth-order valence-electron chi connectivity index (χ4n) is 2.39. The van der Waals surface area contributed by atoms with Crippen LogP contribution in [0, 0.1) is 12.7 Å². The largest absolute Gasteiger partial charge is 0.387 e. The monoisotopic (exact) mass is 288 g/mol. The van der Waals surface area contributed by atoms with E-state index in [-0.39, 0.29) is 11.9 Å².